The van der Waals surface area contributed by atoms with Crippen LogP contribution in [0.2, 0.25) is 0 Å². The first kappa shape index (κ1) is 19.9. The molecule has 21 heavy (non-hydrogen) atoms. The van der Waals surface area contributed by atoms with Crippen molar-refractivity contribution in [2.45, 2.75) is 91.1 Å². The maximum atomic E-state index is 11.5. The van der Waals surface area contributed by atoms with Gasteiger partial charge in [0.05, 0.1) is 12.7 Å². The summed E-state index contributed by atoms with van der Waals surface area (Å²) < 4.78 is 10.4. The van der Waals surface area contributed by atoms with Gasteiger partial charge in [0.15, 0.2) is 0 Å². The summed E-state index contributed by atoms with van der Waals surface area (Å²) in [7, 11) is 0. The van der Waals surface area contributed by atoms with E-state index in [9.17, 15) is 9.59 Å². The largest absolute Gasteiger partial charge is 0.466 e. The van der Waals surface area contributed by atoms with E-state index in [4.69, 9.17) is 9.47 Å². The summed E-state index contributed by atoms with van der Waals surface area (Å²) in [6.45, 7) is 6.66. The Kier molecular flexibility index (Phi) is 13.2. The van der Waals surface area contributed by atoms with Crippen LogP contribution in [0.15, 0.2) is 0 Å². The molecule has 0 saturated carbocycles. The number of hydrogen-bond donors (Lipinski definition) is 0. The van der Waals surface area contributed by atoms with Crippen LogP contribution in [-0.4, -0.2) is 24.6 Å². The standard InChI is InChI=1S/C17H32O4/c1-4-6-7-10-14-20-16(18)12-8-9-13-17(19)21-15(3)11-5-2/h15H,4-14H2,1-3H3. The fourth-order valence-electron chi connectivity index (χ4n) is 2.07. The molecule has 0 aromatic carbocycles. The highest BCUT2D eigenvalue weighted by molar-refractivity contribution is 5.70. The van der Waals surface area contributed by atoms with E-state index in [-0.39, 0.29) is 18.0 Å². The van der Waals surface area contributed by atoms with E-state index < -0.39 is 0 Å². The Morgan fingerprint density at radius 3 is 2.14 bits per heavy atom. The SMILES string of the molecule is CCCCCCOC(=O)CCCCC(=O)OC(C)CCC. The van der Waals surface area contributed by atoms with Crippen molar-refractivity contribution in [2.75, 3.05) is 6.61 Å². The van der Waals surface area contributed by atoms with Crippen molar-refractivity contribution in [3.63, 3.8) is 0 Å². The summed E-state index contributed by atoms with van der Waals surface area (Å²) in [4.78, 5) is 23.0. The van der Waals surface area contributed by atoms with E-state index in [1.54, 1.807) is 0 Å². The molecule has 0 saturated heterocycles. The van der Waals surface area contributed by atoms with Crippen molar-refractivity contribution in [2.24, 2.45) is 0 Å². The summed E-state index contributed by atoms with van der Waals surface area (Å²) in [5.41, 5.74) is 0. The van der Waals surface area contributed by atoms with Crippen LogP contribution in [0, 0.1) is 0 Å². The average Bonchev–Trinajstić information content (AvgIpc) is 2.43. The molecule has 0 amide bonds. The predicted molar refractivity (Wildman–Crippen MR) is 84.0 cm³/mol. The highest BCUT2D eigenvalue weighted by atomic mass is 16.5. The molecular formula is C17H32O4. The summed E-state index contributed by atoms with van der Waals surface area (Å²) in [5.74, 6) is -0.317. The highest BCUT2D eigenvalue weighted by Gasteiger charge is 2.09. The van der Waals surface area contributed by atoms with Crippen molar-refractivity contribution in [1.29, 1.82) is 0 Å². The van der Waals surface area contributed by atoms with Crippen molar-refractivity contribution in [1.82, 2.24) is 0 Å². The Morgan fingerprint density at radius 2 is 1.52 bits per heavy atom. The Morgan fingerprint density at radius 1 is 0.857 bits per heavy atom. The molecule has 1 unspecified atom stereocenters. The molecule has 0 aliphatic carbocycles. The van der Waals surface area contributed by atoms with Gasteiger partial charge in [-0.1, -0.05) is 39.5 Å². The van der Waals surface area contributed by atoms with E-state index in [0.29, 0.717) is 32.3 Å². The Balaban J connectivity index is 3.44. The van der Waals surface area contributed by atoms with Gasteiger partial charge in [-0.25, -0.2) is 0 Å². The van der Waals surface area contributed by atoms with Gasteiger partial charge < -0.3 is 9.47 Å². The molecule has 0 aliphatic heterocycles. The van der Waals surface area contributed by atoms with Crippen LogP contribution in [0.1, 0.15) is 85.0 Å². The van der Waals surface area contributed by atoms with Crippen molar-refractivity contribution in [3.8, 4) is 0 Å². The van der Waals surface area contributed by atoms with Crippen LogP contribution in [0.4, 0.5) is 0 Å². The Labute approximate surface area is 129 Å². The minimum Gasteiger partial charge on any atom is -0.466 e. The van der Waals surface area contributed by atoms with E-state index in [0.717, 1.165) is 25.7 Å². The topological polar surface area (TPSA) is 52.6 Å². The van der Waals surface area contributed by atoms with Gasteiger partial charge >= 0.3 is 11.9 Å². The molecule has 0 aliphatic rings. The molecule has 0 radical (unpaired) electrons. The summed E-state index contributed by atoms with van der Waals surface area (Å²) in [6.07, 6.45) is 8.49. The maximum absolute atomic E-state index is 11.5. The van der Waals surface area contributed by atoms with Gasteiger partial charge in [0, 0.05) is 12.8 Å². The first-order valence-corrected chi connectivity index (χ1v) is 8.45. The number of rotatable bonds is 13. The minimum atomic E-state index is -0.163. The third kappa shape index (κ3) is 13.7. The molecule has 0 aromatic heterocycles. The number of hydrogen-bond acceptors (Lipinski definition) is 4. The molecule has 0 rings (SSSR count). The van der Waals surface area contributed by atoms with Crippen LogP contribution in [0.5, 0.6) is 0 Å². The van der Waals surface area contributed by atoms with Crippen molar-refractivity contribution < 1.29 is 19.1 Å². The molecule has 4 heteroatoms. The molecule has 0 spiro atoms. The summed E-state index contributed by atoms with van der Waals surface area (Å²) >= 11 is 0. The van der Waals surface area contributed by atoms with Crippen molar-refractivity contribution >= 4 is 11.9 Å². The first-order valence-electron chi connectivity index (χ1n) is 8.45. The predicted octanol–water partition coefficient (Wildman–Crippen LogP) is 4.40. The number of ether oxygens (including phenoxy) is 2. The van der Waals surface area contributed by atoms with Crippen LogP contribution in [0.3, 0.4) is 0 Å². The molecule has 0 aromatic rings. The second-order valence-corrected chi connectivity index (χ2v) is 5.58. The lowest BCUT2D eigenvalue weighted by Crippen LogP contribution is -2.14. The normalized spacial score (nSPS) is 12.0. The van der Waals surface area contributed by atoms with Crippen LogP contribution >= 0.6 is 0 Å². The minimum absolute atomic E-state index is 0.00409. The molecule has 0 fully saturated rings. The second-order valence-electron chi connectivity index (χ2n) is 5.58. The lowest BCUT2D eigenvalue weighted by molar-refractivity contribution is -0.149. The number of esters is 2. The zero-order chi connectivity index (χ0) is 15.9. The summed E-state index contributed by atoms with van der Waals surface area (Å²) in [5, 5.41) is 0. The zero-order valence-corrected chi connectivity index (χ0v) is 14.0. The second kappa shape index (κ2) is 13.9. The van der Waals surface area contributed by atoms with E-state index in [1.165, 1.54) is 12.8 Å². The maximum Gasteiger partial charge on any atom is 0.306 e. The monoisotopic (exact) mass is 300 g/mol. The Hall–Kier alpha value is -1.06. The molecular weight excluding hydrogens is 268 g/mol. The number of unbranched alkanes of at least 4 members (excludes halogenated alkanes) is 4. The van der Waals surface area contributed by atoms with E-state index >= 15 is 0 Å². The molecule has 0 N–H and O–H groups in total. The number of carbonyl (C=O) groups excluding carboxylic acids is 2. The fraction of sp³-hybridized carbons (Fsp3) is 0.882. The smallest absolute Gasteiger partial charge is 0.306 e. The summed E-state index contributed by atoms with van der Waals surface area (Å²) in [6, 6.07) is 0. The third-order valence-corrected chi connectivity index (χ3v) is 3.30. The third-order valence-electron chi connectivity index (χ3n) is 3.30. The van der Waals surface area contributed by atoms with Gasteiger partial charge in [-0.2, -0.15) is 0 Å². The van der Waals surface area contributed by atoms with E-state index in [1.807, 2.05) is 6.92 Å². The van der Waals surface area contributed by atoms with E-state index in [2.05, 4.69) is 13.8 Å². The van der Waals surface area contributed by atoms with Gasteiger partial charge in [0.25, 0.3) is 0 Å². The Bertz CT molecular complexity index is 276. The zero-order valence-electron chi connectivity index (χ0n) is 14.0. The highest BCUT2D eigenvalue weighted by Crippen LogP contribution is 2.07. The average molecular weight is 300 g/mol. The van der Waals surface area contributed by atoms with Crippen LogP contribution in [-0.2, 0) is 19.1 Å². The molecule has 1 atom stereocenters. The molecule has 4 nitrogen and oxygen atoms in total. The molecule has 124 valence electrons. The van der Waals surface area contributed by atoms with Gasteiger partial charge in [0.1, 0.15) is 0 Å². The van der Waals surface area contributed by atoms with Crippen LogP contribution < -0.4 is 0 Å². The molecule has 0 heterocycles. The van der Waals surface area contributed by atoms with Gasteiger partial charge in [0.2, 0.25) is 0 Å². The fourth-order valence-corrected chi connectivity index (χ4v) is 2.07. The molecule has 0 bridgehead atoms. The van der Waals surface area contributed by atoms with Gasteiger partial charge in [-0.05, 0) is 32.6 Å². The number of carbonyl (C=O) groups is 2. The lowest BCUT2D eigenvalue weighted by atomic mass is 10.2. The van der Waals surface area contributed by atoms with Crippen LogP contribution in [0.25, 0.3) is 0 Å². The van der Waals surface area contributed by atoms with Crippen molar-refractivity contribution in [3.05, 3.63) is 0 Å². The first-order chi connectivity index (χ1) is 10.1. The quantitative estimate of drug-likeness (QED) is 0.373. The van der Waals surface area contributed by atoms with Gasteiger partial charge in [-0.3, -0.25) is 9.59 Å². The van der Waals surface area contributed by atoms with Gasteiger partial charge in [-0.15, -0.1) is 0 Å². The lowest BCUT2D eigenvalue weighted by Gasteiger charge is -2.11.